The molecule has 2 nitrogen and oxygen atoms in total. The standard InChI is InChI=1S/C22H19N2S/c1-13-9-15(3)24(4)19(10-13)21-14(2)5-7-18-17-8-6-16(12-23)11-20(17)25-22(18)21/h5-11H,1-4H3/q+1/i1D3. The van der Waals surface area contributed by atoms with Crippen molar-refractivity contribution >= 4 is 31.5 Å². The molecule has 2 aromatic heterocycles. The summed E-state index contributed by atoms with van der Waals surface area (Å²) < 4.78 is 27.8. The van der Waals surface area contributed by atoms with Gasteiger partial charge in [-0.15, -0.1) is 11.3 Å². The summed E-state index contributed by atoms with van der Waals surface area (Å²) in [6.45, 7) is 1.83. The van der Waals surface area contributed by atoms with E-state index in [2.05, 4.69) is 25.1 Å². The van der Waals surface area contributed by atoms with Gasteiger partial charge in [-0.3, -0.25) is 0 Å². The molecule has 3 heteroatoms. The Kier molecular flexibility index (Phi) is 2.87. The maximum absolute atomic E-state index is 9.22. The Morgan fingerprint density at radius 3 is 2.64 bits per heavy atom. The summed E-state index contributed by atoms with van der Waals surface area (Å²) in [4.78, 5) is 0. The third-order valence-electron chi connectivity index (χ3n) is 4.78. The van der Waals surface area contributed by atoms with E-state index in [0.717, 1.165) is 42.7 Å². The van der Waals surface area contributed by atoms with Gasteiger partial charge in [0, 0.05) is 43.3 Å². The van der Waals surface area contributed by atoms with Crippen LogP contribution in [-0.2, 0) is 7.05 Å². The Bertz CT molecular complexity index is 1290. The molecule has 4 rings (SSSR count). The van der Waals surface area contributed by atoms with Crippen LogP contribution in [0.2, 0.25) is 0 Å². The van der Waals surface area contributed by atoms with E-state index in [-0.39, 0.29) is 0 Å². The van der Waals surface area contributed by atoms with E-state index in [1.54, 1.807) is 23.5 Å². The lowest BCUT2D eigenvalue weighted by Crippen LogP contribution is -2.35. The monoisotopic (exact) mass is 346 g/mol. The minimum Gasteiger partial charge on any atom is -0.199 e. The van der Waals surface area contributed by atoms with E-state index < -0.39 is 6.85 Å². The number of aromatic nitrogens is 1. The number of benzene rings is 2. The highest BCUT2D eigenvalue weighted by molar-refractivity contribution is 7.26. The van der Waals surface area contributed by atoms with Gasteiger partial charge >= 0.3 is 0 Å². The summed E-state index contributed by atoms with van der Waals surface area (Å²) in [7, 11) is 1.97. The number of hydrogen-bond acceptors (Lipinski definition) is 2. The maximum Gasteiger partial charge on any atom is 0.214 e. The molecule has 2 aromatic carbocycles. The van der Waals surface area contributed by atoms with Gasteiger partial charge < -0.3 is 0 Å². The van der Waals surface area contributed by atoms with Crippen LogP contribution in [-0.4, -0.2) is 0 Å². The molecule has 122 valence electrons. The van der Waals surface area contributed by atoms with Crippen LogP contribution in [0.25, 0.3) is 31.4 Å². The third kappa shape index (κ3) is 2.42. The first kappa shape index (κ1) is 12.6. The first-order valence-electron chi connectivity index (χ1n) is 9.58. The zero-order valence-corrected chi connectivity index (χ0v) is 15.2. The van der Waals surface area contributed by atoms with Gasteiger partial charge in [-0.25, -0.2) is 0 Å². The predicted octanol–water partition coefficient (Wildman–Crippen LogP) is 5.34. The number of thiophene rings is 1. The van der Waals surface area contributed by atoms with Gasteiger partial charge in [0.2, 0.25) is 5.69 Å². The number of nitriles is 1. The van der Waals surface area contributed by atoms with Gasteiger partial charge in [0.05, 0.1) is 17.2 Å². The largest absolute Gasteiger partial charge is 0.214 e. The van der Waals surface area contributed by atoms with Crippen LogP contribution >= 0.6 is 11.3 Å². The molecule has 0 radical (unpaired) electrons. The smallest absolute Gasteiger partial charge is 0.199 e. The number of fused-ring (bicyclic) bond motifs is 3. The van der Waals surface area contributed by atoms with Crippen molar-refractivity contribution in [2.24, 2.45) is 7.05 Å². The van der Waals surface area contributed by atoms with E-state index in [0.29, 0.717) is 11.1 Å². The molecule has 0 bridgehead atoms. The second-order valence-electron chi connectivity index (χ2n) is 6.39. The topological polar surface area (TPSA) is 27.7 Å². The molecule has 0 unspecified atom stereocenters. The van der Waals surface area contributed by atoms with Crippen LogP contribution in [0.4, 0.5) is 0 Å². The van der Waals surface area contributed by atoms with Crippen LogP contribution in [0.1, 0.15) is 26.5 Å². The summed E-state index contributed by atoms with van der Waals surface area (Å²) in [5.74, 6) is 0. The normalized spacial score (nSPS) is 13.4. The number of nitrogens with zero attached hydrogens (tertiary/aromatic N) is 2. The Morgan fingerprint density at radius 2 is 1.88 bits per heavy atom. The number of aryl methyl sites for hydroxylation is 3. The zero-order valence-electron chi connectivity index (χ0n) is 17.3. The van der Waals surface area contributed by atoms with Crippen LogP contribution in [0.5, 0.6) is 0 Å². The van der Waals surface area contributed by atoms with Crippen molar-refractivity contribution in [1.82, 2.24) is 0 Å². The lowest BCUT2D eigenvalue weighted by atomic mass is 9.99. The minimum absolute atomic E-state index is 0.349. The number of rotatable bonds is 1. The Balaban J connectivity index is 2.11. The van der Waals surface area contributed by atoms with E-state index in [9.17, 15) is 5.26 Å². The van der Waals surface area contributed by atoms with E-state index >= 15 is 0 Å². The minimum atomic E-state index is -2.16. The van der Waals surface area contributed by atoms with Gasteiger partial charge in [-0.1, -0.05) is 18.2 Å². The Morgan fingerprint density at radius 1 is 1.08 bits per heavy atom. The summed E-state index contributed by atoms with van der Waals surface area (Å²) >= 11 is 1.65. The second kappa shape index (κ2) is 5.68. The lowest BCUT2D eigenvalue weighted by molar-refractivity contribution is -0.666. The molecular formula is C22H19N2S+. The van der Waals surface area contributed by atoms with E-state index in [4.69, 9.17) is 4.11 Å². The fraction of sp³-hybridized carbons (Fsp3) is 0.182. The van der Waals surface area contributed by atoms with Gasteiger partial charge in [-0.05, 0) is 37.0 Å². The molecular weight excluding hydrogens is 324 g/mol. The van der Waals surface area contributed by atoms with Crippen LogP contribution in [0.15, 0.2) is 42.5 Å². The van der Waals surface area contributed by atoms with Crippen LogP contribution in [0, 0.1) is 32.0 Å². The molecule has 25 heavy (non-hydrogen) atoms. The molecule has 0 saturated carbocycles. The molecule has 0 saturated heterocycles. The van der Waals surface area contributed by atoms with Crippen molar-refractivity contribution in [3.05, 3.63) is 64.8 Å². The number of pyridine rings is 1. The molecule has 2 heterocycles. The average molecular weight is 346 g/mol. The van der Waals surface area contributed by atoms with Gasteiger partial charge in [-0.2, -0.15) is 9.83 Å². The number of hydrogen-bond donors (Lipinski definition) is 0. The molecule has 4 aromatic rings. The SMILES string of the molecule is [2H]C([2H])([2H])c1cc(C)[n+](C)c(-c2c(C)ccc3c2sc2cc(C#N)ccc23)c1. The highest BCUT2D eigenvalue weighted by atomic mass is 32.1. The Hall–Kier alpha value is -2.70. The van der Waals surface area contributed by atoms with Crippen LogP contribution in [0.3, 0.4) is 0 Å². The second-order valence-corrected chi connectivity index (χ2v) is 7.44. The summed E-state index contributed by atoms with van der Waals surface area (Å²) in [5, 5.41) is 11.5. The molecule has 0 amide bonds. The quantitative estimate of drug-likeness (QED) is 0.427. The Labute approximate surface area is 155 Å². The van der Waals surface area contributed by atoms with Gasteiger partial charge in [0.25, 0.3) is 0 Å². The molecule has 0 aliphatic rings. The van der Waals surface area contributed by atoms with Gasteiger partial charge in [0.15, 0.2) is 5.69 Å². The third-order valence-corrected chi connectivity index (χ3v) is 5.97. The molecule has 0 aliphatic heterocycles. The van der Waals surface area contributed by atoms with E-state index in [1.807, 2.05) is 36.7 Å². The van der Waals surface area contributed by atoms with Crippen molar-refractivity contribution in [2.75, 3.05) is 0 Å². The zero-order chi connectivity index (χ0) is 20.2. The molecule has 0 fully saturated rings. The highest BCUT2D eigenvalue weighted by Gasteiger charge is 2.20. The average Bonchev–Trinajstić information content (AvgIpc) is 3.00. The molecule has 0 spiro atoms. The molecule has 0 atom stereocenters. The van der Waals surface area contributed by atoms with Crippen molar-refractivity contribution in [2.45, 2.75) is 20.7 Å². The first-order valence-corrected chi connectivity index (χ1v) is 8.90. The summed E-state index contributed by atoms with van der Waals surface area (Å²) in [6.07, 6.45) is 0. The predicted molar refractivity (Wildman–Crippen MR) is 105 cm³/mol. The summed E-state index contributed by atoms with van der Waals surface area (Å²) in [6, 6.07) is 15.7. The van der Waals surface area contributed by atoms with Crippen molar-refractivity contribution in [1.29, 1.82) is 5.26 Å². The van der Waals surface area contributed by atoms with Gasteiger partial charge in [0.1, 0.15) is 7.05 Å². The molecule has 0 N–H and O–H groups in total. The van der Waals surface area contributed by atoms with Crippen LogP contribution < -0.4 is 4.57 Å². The molecule has 0 aliphatic carbocycles. The maximum atomic E-state index is 9.22. The lowest BCUT2D eigenvalue weighted by Gasteiger charge is -2.09. The fourth-order valence-electron chi connectivity index (χ4n) is 3.36. The van der Waals surface area contributed by atoms with Crippen molar-refractivity contribution in [3.8, 4) is 17.3 Å². The van der Waals surface area contributed by atoms with E-state index in [1.165, 1.54) is 0 Å². The first-order chi connectivity index (χ1) is 13.2. The van der Waals surface area contributed by atoms with Crippen molar-refractivity contribution in [3.63, 3.8) is 0 Å². The fourth-order valence-corrected chi connectivity index (χ4v) is 4.71. The summed E-state index contributed by atoms with van der Waals surface area (Å²) in [5.41, 5.74) is 4.92. The highest BCUT2D eigenvalue weighted by Crippen LogP contribution is 2.41. The van der Waals surface area contributed by atoms with Crippen molar-refractivity contribution < 1.29 is 8.68 Å².